The molecule has 1 aromatic heterocycles. The molecule has 3 rings (SSSR count). The molecule has 7 nitrogen and oxygen atoms in total. The zero-order chi connectivity index (χ0) is 17.6. The first-order chi connectivity index (χ1) is 12.1. The number of nitrogens with zero attached hydrogens (tertiary/aromatic N) is 3. The Balaban J connectivity index is 1.84. The van der Waals surface area contributed by atoms with Gasteiger partial charge in [0.05, 0.1) is 4.92 Å². The molecule has 0 spiro atoms. The summed E-state index contributed by atoms with van der Waals surface area (Å²) >= 11 is 5.85. The minimum absolute atomic E-state index is 0.0841. The maximum atomic E-state index is 11.5. The molecule has 1 N–H and O–H groups in total. The molecule has 0 saturated carbocycles. The summed E-state index contributed by atoms with van der Waals surface area (Å²) < 4.78 is 5.53. The highest BCUT2D eigenvalue weighted by Gasteiger charge is 2.24. The van der Waals surface area contributed by atoms with Crippen LogP contribution in [0.25, 0.3) is 0 Å². The summed E-state index contributed by atoms with van der Waals surface area (Å²) in [6, 6.07) is 15.9. The molecule has 0 fully saturated rings. The Kier molecular flexibility index (Phi) is 5.06. The summed E-state index contributed by atoms with van der Waals surface area (Å²) in [6.45, 7) is 0.347. The lowest BCUT2D eigenvalue weighted by Gasteiger charge is -2.09. The van der Waals surface area contributed by atoms with E-state index in [1.54, 1.807) is 36.4 Å². The lowest BCUT2D eigenvalue weighted by molar-refractivity contribution is -0.385. The van der Waals surface area contributed by atoms with Gasteiger partial charge in [-0.1, -0.05) is 41.9 Å². The first kappa shape index (κ1) is 16.7. The zero-order valence-corrected chi connectivity index (χ0v) is 13.7. The van der Waals surface area contributed by atoms with Crippen LogP contribution in [-0.4, -0.2) is 14.9 Å². The van der Waals surface area contributed by atoms with Crippen molar-refractivity contribution < 1.29 is 9.66 Å². The first-order valence-electron chi connectivity index (χ1n) is 7.34. The molecule has 126 valence electrons. The van der Waals surface area contributed by atoms with Crippen molar-refractivity contribution >= 4 is 23.1 Å². The summed E-state index contributed by atoms with van der Waals surface area (Å²) in [5, 5.41) is 15.0. The Bertz CT molecular complexity index is 873. The number of hydrogen-bond donors (Lipinski definition) is 1. The number of halogens is 1. The molecule has 0 atom stereocenters. The molecule has 0 saturated heterocycles. The van der Waals surface area contributed by atoms with Crippen LogP contribution in [0.4, 0.5) is 11.5 Å². The second-order valence-corrected chi connectivity index (χ2v) is 5.46. The van der Waals surface area contributed by atoms with Gasteiger partial charge >= 0.3 is 11.6 Å². The SMILES string of the molecule is O=[N+]([O-])c1c(NCc2ccc(Cl)cc2)ncnc1Oc1ccccc1. The summed E-state index contributed by atoms with van der Waals surface area (Å²) in [4.78, 5) is 18.8. The first-order valence-corrected chi connectivity index (χ1v) is 7.72. The highest BCUT2D eigenvalue weighted by atomic mass is 35.5. The van der Waals surface area contributed by atoms with E-state index in [0.717, 1.165) is 5.56 Å². The molecule has 2 aromatic carbocycles. The molecule has 0 bridgehead atoms. The maximum Gasteiger partial charge on any atom is 0.373 e. The number of ether oxygens (including phenoxy) is 1. The fourth-order valence-electron chi connectivity index (χ4n) is 2.12. The van der Waals surface area contributed by atoms with Crippen LogP contribution < -0.4 is 10.1 Å². The third-order valence-corrected chi connectivity index (χ3v) is 3.55. The Labute approximate surface area is 148 Å². The number of nitro groups is 1. The number of hydrogen-bond acceptors (Lipinski definition) is 6. The lowest BCUT2D eigenvalue weighted by Crippen LogP contribution is -2.07. The van der Waals surface area contributed by atoms with Crippen molar-refractivity contribution in [1.29, 1.82) is 0 Å². The number of anilines is 1. The van der Waals surface area contributed by atoms with Crippen molar-refractivity contribution in [2.24, 2.45) is 0 Å². The van der Waals surface area contributed by atoms with Gasteiger partial charge in [-0.15, -0.1) is 0 Å². The molecule has 25 heavy (non-hydrogen) atoms. The summed E-state index contributed by atoms with van der Waals surface area (Å²) in [5.41, 5.74) is 0.586. The molecule has 0 unspecified atom stereocenters. The van der Waals surface area contributed by atoms with E-state index in [4.69, 9.17) is 16.3 Å². The minimum Gasteiger partial charge on any atom is -0.434 e. The average molecular weight is 357 g/mol. The van der Waals surface area contributed by atoms with Crippen LogP contribution in [0.2, 0.25) is 5.02 Å². The molecular weight excluding hydrogens is 344 g/mol. The van der Waals surface area contributed by atoms with Crippen molar-refractivity contribution in [3.05, 3.63) is 81.6 Å². The standard InChI is InChI=1S/C17H13ClN4O3/c18-13-8-6-12(7-9-13)10-19-16-15(22(23)24)17(21-11-20-16)25-14-4-2-1-3-5-14/h1-9,11H,10H2,(H,19,20,21). The van der Waals surface area contributed by atoms with E-state index in [9.17, 15) is 10.1 Å². The van der Waals surface area contributed by atoms with E-state index in [0.29, 0.717) is 17.3 Å². The van der Waals surface area contributed by atoms with E-state index in [1.807, 2.05) is 18.2 Å². The Hall–Kier alpha value is -3.19. The highest BCUT2D eigenvalue weighted by molar-refractivity contribution is 6.30. The molecule has 1 heterocycles. The van der Waals surface area contributed by atoms with E-state index in [2.05, 4.69) is 15.3 Å². The van der Waals surface area contributed by atoms with Crippen LogP contribution in [0.15, 0.2) is 60.9 Å². The molecule has 0 amide bonds. The van der Waals surface area contributed by atoms with Crippen molar-refractivity contribution in [3.8, 4) is 11.6 Å². The molecule has 8 heteroatoms. The van der Waals surface area contributed by atoms with Gasteiger partial charge in [-0.3, -0.25) is 10.1 Å². The van der Waals surface area contributed by atoms with Gasteiger partial charge < -0.3 is 10.1 Å². The van der Waals surface area contributed by atoms with E-state index >= 15 is 0 Å². The van der Waals surface area contributed by atoms with E-state index < -0.39 is 4.92 Å². The summed E-state index contributed by atoms with van der Waals surface area (Å²) in [6.07, 6.45) is 1.22. The molecule has 3 aromatic rings. The van der Waals surface area contributed by atoms with E-state index in [-0.39, 0.29) is 17.4 Å². The fraction of sp³-hybridized carbons (Fsp3) is 0.0588. The van der Waals surface area contributed by atoms with E-state index in [1.165, 1.54) is 6.33 Å². The highest BCUT2D eigenvalue weighted by Crippen LogP contribution is 2.34. The predicted octanol–water partition coefficient (Wildman–Crippen LogP) is 4.44. The molecular formula is C17H13ClN4O3. The average Bonchev–Trinajstić information content (AvgIpc) is 2.62. The number of rotatable bonds is 6. The lowest BCUT2D eigenvalue weighted by atomic mass is 10.2. The topological polar surface area (TPSA) is 90.2 Å². The molecule has 0 aliphatic rings. The van der Waals surface area contributed by atoms with Crippen molar-refractivity contribution in [1.82, 2.24) is 9.97 Å². The van der Waals surface area contributed by atoms with Gasteiger partial charge in [0.25, 0.3) is 0 Å². The van der Waals surface area contributed by atoms with Gasteiger partial charge in [-0.25, -0.2) is 4.98 Å². The molecule has 0 radical (unpaired) electrons. The van der Waals surface area contributed by atoms with Crippen LogP contribution in [0.5, 0.6) is 11.6 Å². The second-order valence-electron chi connectivity index (χ2n) is 5.03. The molecule has 0 aliphatic carbocycles. The normalized spacial score (nSPS) is 10.3. The van der Waals surface area contributed by atoms with Gasteiger partial charge in [-0.2, -0.15) is 4.98 Å². The van der Waals surface area contributed by atoms with Gasteiger partial charge in [0, 0.05) is 11.6 Å². The zero-order valence-electron chi connectivity index (χ0n) is 12.9. The Morgan fingerprint density at radius 1 is 1.08 bits per heavy atom. The number of para-hydroxylation sites is 1. The van der Waals surface area contributed by atoms with Crippen LogP contribution in [0, 0.1) is 10.1 Å². The van der Waals surface area contributed by atoms with Crippen molar-refractivity contribution in [2.45, 2.75) is 6.54 Å². The van der Waals surface area contributed by atoms with Crippen LogP contribution in [0.1, 0.15) is 5.56 Å². The Morgan fingerprint density at radius 2 is 1.80 bits per heavy atom. The second kappa shape index (κ2) is 7.59. The number of nitrogens with one attached hydrogen (secondary N) is 1. The van der Waals surface area contributed by atoms with Gasteiger partial charge in [0.15, 0.2) is 0 Å². The third kappa shape index (κ3) is 4.21. The summed E-state index contributed by atoms with van der Waals surface area (Å²) in [5.74, 6) is 0.415. The molecule has 0 aliphatic heterocycles. The van der Waals surface area contributed by atoms with Crippen molar-refractivity contribution in [2.75, 3.05) is 5.32 Å². The largest absolute Gasteiger partial charge is 0.434 e. The third-order valence-electron chi connectivity index (χ3n) is 3.30. The monoisotopic (exact) mass is 356 g/mol. The summed E-state index contributed by atoms with van der Waals surface area (Å²) in [7, 11) is 0. The minimum atomic E-state index is -0.567. The van der Waals surface area contributed by atoms with Crippen LogP contribution in [0.3, 0.4) is 0 Å². The quantitative estimate of drug-likeness (QED) is 0.518. The van der Waals surface area contributed by atoms with Gasteiger partial charge in [0.1, 0.15) is 12.1 Å². The van der Waals surface area contributed by atoms with Crippen LogP contribution >= 0.6 is 11.6 Å². The number of benzene rings is 2. The van der Waals surface area contributed by atoms with Gasteiger partial charge in [-0.05, 0) is 29.8 Å². The smallest absolute Gasteiger partial charge is 0.373 e. The van der Waals surface area contributed by atoms with Crippen LogP contribution in [-0.2, 0) is 6.54 Å². The fourth-order valence-corrected chi connectivity index (χ4v) is 2.25. The van der Waals surface area contributed by atoms with Crippen molar-refractivity contribution in [3.63, 3.8) is 0 Å². The van der Waals surface area contributed by atoms with Gasteiger partial charge in [0.2, 0.25) is 5.82 Å². The Morgan fingerprint density at radius 3 is 2.48 bits per heavy atom. The maximum absolute atomic E-state index is 11.5. The number of aromatic nitrogens is 2. The predicted molar refractivity (Wildman–Crippen MR) is 94.0 cm³/mol.